The number of hydrogen-bond donors (Lipinski definition) is 2. The zero-order valence-electron chi connectivity index (χ0n) is 10.8. The summed E-state index contributed by atoms with van der Waals surface area (Å²) in [5.41, 5.74) is -1.01. The molecule has 98 valence electrons. The van der Waals surface area contributed by atoms with Crippen molar-refractivity contribution >= 4 is 22.7 Å². The Hall–Kier alpha value is -0.680. The maximum Gasteiger partial charge on any atom is 0.0910 e. The lowest BCUT2D eigenvalue weighted by molar-refractivity contribution is -0.0384. The zero-order chi connectivity index (χ0) is 13.4. The fourth-order valence-electron chi connectivity index (χ4n) is 2.27. The summed E-state index contributed by atoms with van der Waals surface area (Å²) in [7, 11) is 0. The summed E-state index contributed by atoms with van der Waals surface area (Å²) in [5.74, 6) is 0. The average molecular weight is 282 g/mol. The van der Waals surface area contributed by atoms with Gasteiger partial charge in [-0.2, -0.15) is 0 Å². The largest absolute Gasteiger partial charge is 0.390 e. The number of rotatable bonds is 4. The second-order valence-corrected chi connectivity index (χ2v) is 7.27. The lowest BCUT2D eigenvalue weighted by Crippen LogP contribution is -2.33. The highest BCUT2D eigenvalue weighted by atomic mass is 32.1. The molecule has 2 heterocycles. The van der Waals surface area contributed by atoms with E-state index in [-0.39, 0.29) is 0 Å². The van der Waals surface area contributed by atoms with Gasteiger partial charge in [-0.05, 0) is 43.7 Å². The van der Waals surface area contributed by atoms with E-state index in [0.717, 1.165) is 15.3 Å². The van der Waals surface area contributed by atoms with Crippen molar-refractivity contribution in [3.05, 3.63) is 34.5 Å². The molecule has 18 heavy (non-hydrogen) atoms. The average Bonchev–Trinajstić information content (AvgIpc) is 2.85. The molecule has 0 aliphatic carbocycles. The molecule has 2 nitrogen and oxygen atoms in total. The quantitative estimate of drug-likeness (QED) is 0.894. The molecule has 0 fully saturated rings. The molecule has 2 aromatic heterocycles. The maximum atomic E-state index is 10.6. The van der Waals surface area contributed by atoms with Crippen LogP contribution in [0.3, 0.4) is 0 Å². The molecule has 0 aromatic carbocycles. The Balaban J connectivity index is 2.37. The van der Waals surface area contributed by atoms with E-state index >= 15 is 0 Å². The van der Waals surface area contributed by atoms with Gasteiger partial charge in [0.1, 0.15) is 0 Å². The molecule has 1 atom stereocenters. The Morgan fingerprint density at radius 1 is 1.06 bits per heavy atom. The first-order valence-corrected chi connectivity index (χ1v) is 7.62. The van der Waals surface area contributed by atoms with Crippen molar-refractivity contribution in [2.24, 2.45) is 0 Å². The van der Waals surface area contributed by atoms with E-state index in [1.807, 2.05) is 22.9 Å². The monoisotopic (exact) mass is 282 g/mol. The van der Waals surface area contributed by atoms with Crippen LogP contribution in [-0.2, 0) is 5.60 Å². The molecule has 0 aliphatic rings. The first kappa shape index (κ1) is 13.7. The SMILES string of the molecule is CC(C)(O)CC(C)(O)c1ccsc1-c1cccs1. The van der Waals surface area contributed by atoms with Crippen molar-refractivity contribution in [2.75, 3.05) is 0 Å². The minimum absolute atomic E-state index is 0.315. The van der Waals surface area contributed by atoms with Crippen LogP contribution < -0.4 is 0 Å². The highest BCUT2D eigenvalue weighted by Crippen LogP contribution is 2.41. The second kappa shape index (κ2) is 4.78. The van der Waals surface area contributed by atoms with Crippen molar-refractivity contribution in [3.63, 3.8) is 0 Å². The highest BCUT2D eigenvalue weighted by molar-refractivity contribution is 7.20. The molecule has 2 aromatic rings. The fraction of sp³-hybridized carbons (Fsp3) is 0.429. The minimum Gasteiger partial charge on any atom is -0.390 e. The van der Waals surface area contributed by atoms with Crippen LogP contribution >= 0.6 is 22.7 Å². The van der Waals surface area contributed by atoms with Crippen molar-refractivity contribution < 1.29 is 10.2 Å². The van der Waals surface area contributed by atoms with Crippen molar-refractivity contribution in [1.82, 2.24) is 0 Å². The molecule has 0 bridgehead atoms. The normalized spacial score (nSPS) is 15.6. The van der Waals surface area contributed by atoms with Crippen molar-refractivity contribution in [3.8, 4) is 9.75 Å². The molecular weight excluding hydrogens is 264 g/mol. The van der Waals surface area contributed by atoms with E-state index in [2.05, 4.69) is 6.07 Å². The Morgan fingerprint density at radius 2 is 1.78 bits per heavy atom. The summed E-state index contributed by atoms with van der Waals surface area (Å²) in [4.78, 5) is 2.26. The van der Waals surface area contributed by atoms with Gasteiger partial charge >= 0.3 is 0 Å². The van der Waals surface area contributed by atoms with Gasteiger partial charge in [-0.15, -0.1) is 22.7 Å². The lowest BCUT2D eigenvalue weighted by atomic mass is 9.85. The Kier molecular flexibility index (Phi) is 3.65. The van der Waals surface area contributed by atoms with E-state index in [4.69, 9.17) is 0 Å². The Morgan fingerprint density at radius 3 is 2.33 bits per heavy atom. The molecule has 1 unspecified atom stereocenters. The van der Waals surface area contributed by atoms with Crippen LogP contribution in [0.15, 0.2) is 29.0 Å². The van der Waals surface area contributed by atoms with Crippen LogP contribution in [-0.4, -0.2) is 15.8 Å². The first-order valence-electron chi connectivity index (χ1n) is 5.86. The molecule has 4 heteroatoms. The predicted molar refractivity (Wildman–Crippen MR) is 78.1 cm³/mol. The van der Waals surface area contributed by atoms with Crippen molar-refractivity contribution in [1.29, 1.82) is 0 Å². The van der Waals surface area contributed by atoms with Gasteiger partial charge in [0, 0.05) is 16.9 Å². The van der Waals surface area contributed by atoms with Gasteiger partial charge < -0.3 is 10.2 Å². The van der Waals surface area contributed by atoms with Crippen LogP contribution in [0.2, 0.25) is 0 Å². The number of aliphatic hydroxyl groups is 2. The number of thiophene rings is 2. The third-order valence-electron chi connectivity index (χ3n) is 2.77. The van der Waals surface area contributed by atoms with Crippen LogP contribution in [0.4, 0.5) is 0 Å². The predicted octanol–water partition coefficient (Wildman–Crippen LogP) is 3.85. The van der Waals surface area contributed by atoms with Gasteiger partial charge in [-0.1, -0.05) is 6.07 Å². The number of hydrogen-bond acceptors (Lipinski definition) is 4. The standard InChI is InChI=1S/C14H18O2S2/c1-13(2,15)9-14(3,16)10-6-8-18-12(10)11-5-4-7-17-11/h4-8,15-16H,9H2,1-3H3. The lowest BCUT2D eigenvalue weighted by Gasteiger charge is -2.30. The van der Waals surface area contributed by atoms with Crippen LogP contribution in [0, 0.1) is 0 Å². The van der Waals surface area contributed by atoms with Gasteiger partial charge in [-0.3, -0.25) is 0 Å². The molecule has 0 saturated heterocycles. The maximum absolute atomic E-state index is 10.6. The Bertz CT molecular complexity index is 504. The van der Waals surface area contributed by atoms with Gasteiger partial charge in [-0.25, -0.2) is 0 Å². The third kappa shape index (κ3) is 3.01. The highest BCUT2D eigenvalue weighted by Gasteiger charge is 2.33. The molecule has 0 radical (unpaired) electrons. The van der Waals surface area contributed by atoms with E-state index < -0.39 is 11.2 Å². The van der Waals surface area contributed by atoms with Gasteiger partial charge in [0.2, 0.25) is 0 Å². The summed E-state index contributed by atoms with van der Waals surface area (Å²) >= 11 is 3.29. The van der Waals surface area contributed by atoms with Gasteiger partial charge in [0.05, 0.1) is 16.1 Å². The van der Waals surface area contributed by atoms with Crippen LogP contribution in [0.5, 0.6) is 0 Å². The molecular formula is C14H18O2S2. The Labute approximate surface area is 116 Å². The molecule has 2 rings (SSSR count). The van der Waals surface area contributed by atoms with Gasteiger partial charge in [0.15, 0.2) is 0 Å². The summed E-state index contributed by atoms with van der Waals surface area (Å²) in [6.45, 7) is 5.21. The van der Waals surface area contributed by atoms with Crippen LogP contribution in [0.25, 0.3) is 9.75 Å². The first-order chi connectivity index (χ1) is 8.30. The molecule has 0 saturated carbocycles. The van der Waals surface area contributed by atoms with Gasteiger partial charge in [0.25, 0.3) is 0 Å². The van der Waals surface area contributed by atoms with Crippen molar-refractivity contribution in [2.45, 2.75) is 38.4 Å². The van der Waals surface area contributed by atoms with Crippen LogP contribution in [0.1, 0.15) is 32.8 Å². The fourth-order valence-corrected chi connectivity index (χ4v) is 4.18. The van der Waals surface area contributed by atoms with E-state index in [1.54, 1.807) is 43.4 Å². The minimum atomic E-state index is -1.02. The molecule has 0 spiro atoms. The molecule has 0 aliphatic heterocycles. The summed E-state index contributed by atoms with van der Waals surface area (Å²) < 4.78 is 0. The van der Waals surface area contributed by atoms with E-state index in [1.165, 1.54) is 0 Å². The van der Waals surface area contributed by atoms with E-state index in [9.17, 15) is 10.2 Å². The smallest absolute Gasteiger partial charge is 0.0910 e. The third-order valence-corrected chi connectivity index (χ3v) is 4.73. The van der Waals surface area contributed by atoms with E-state index in [0.29, 0.717) is 6.42 Å². The summed E-state index contributed by atoms with van der Waals surface area (Å²) in [6.07, 6.45) is 0.315. The topological polar surface area (TPSA) is 40.5 Å². The summed E-state index contributed by atoms with van der Waals surface area (Å²) in [5, 5.41) is 24.6. The molecule has 0 amide bonds. The summed E-state index contributed by atoms with van der Waals surface area (Å²) in [6, 6.07) is 6.01. The zero-order valence-corrected chi connectivity index (χ0v) is 12.4. The molecule has 2 N–H and O–H groups in total. The second-order valence-electron chi connectivity index (χ2n) is 5.40.